The molecule has 8 heteroatoms. The maximum atomic E-state index is 13.5. The lowest BCUT2D eigenvalue weighted by Crippen LogP contribution is -2.37. The molecular weight excluding hydrogens is 420 g/mol. The summed E-state index contributed by atoms with van der Waals surface area (Å²) >= 11 is 1.48. The molecule has 2 heterocycles. The minimum absolute atomic E-state index is 0.0544. The Morgan fingerprint density at radius 3 is 2.67 bits per heavy atom. The lowest BCUT2D eigenvalue weighted by atomic mass is 10.1. The first-order chi connectivity index (χ1) is 14.2. The van der Waals surface area contributed by atoms with Crippen LogP contribution in [0.5, 0.6) is 0 Å². The van der Waals surface area contributed by atoms with Crippen LogP contribution < -0.4 is 4.90 Å². The van der Waals surface area contributed by atoms with Crippen molar-refractivity contribution in [2.24, 2.45) is 0 Å². The van der Waals surface area contributed by atoms with E-state index in [0.717, 1.165) is 40.4 Å². The molecule has 6 nitrogen and oxygen atoms in total. The van der Waals surface area contributed by atoms with Gasteiger partial charge in [0, 0.05) is 18.4 Å². The van der Waals surface area contributed by atoms with Gasteiger partial charge in [0.05, 0.1) is 27.8 Å². The molecule has 1 atom stereocenters. The number of anilines is 1. The normalized spacial score (nSPS) is 16.8. The summed E-state index contributed by atoms with van der Waals surface area (Å²) in [6, 6.07) is 10.3. The third kappa shape index (κ3) is 4.12. The van der Waals surface area contributed by atoms with Gasteiger partial charge in [0.1, 0.15) is 0 Å². The molecule has 1 aliphatic heterocycles. The summed E-state index contributed by atoms with van der Waals surface area (Å²) in [5, 5.41) is 0.604. The van der Waals surface area contributed by atoms with Gasteiger partial charge in [-0.15, -0.1) is 0 Å². The van der Waals surface area contributed by atoms with Gasteiger partial charge in [-0.2, -0.15) is 0 Å². The first-order valence-corrected chi connectivity index (χ1v) is 12.5. The first-order valence-electron chi connectivity index (χ1n) is 9.84. The van der Waals surface area contributed by atoms with Crippen molar-refractivity contribution in [3.8, 4) is 0 Å². The van der Waals surface area contributed by atoms with Crippen LogP contribution in [-0.4, -0.2) is 44.8 Å². The van der Waals surface area contributed by atoms with Crippen molar-refractivity contribution >= 4 is 42.4 Å². The first kappa shape index (κ1) is 21.0. The third-order valence-electron chi connectivity index (χ3n) is 5.33. The highest BCUT2D eigenvalue weighted by Gasteiger charge is 2.28. The van der Waals surface area contributed by atoms with Gasteiger partial charge in [-0.05, 0) is 56.0 Å². The zero-order chi connectivity index (χ0) is 21.5. The van der Waals surface area contributed by atoms with Crippen LogP contribution in [0.4, 0.5) is 5.13 Å². The van der Waals surface area contributed by atoms with Crippen LogP contribution in [0, 0.1) is 13.8 Å². The van der Waals surface area contributed by atoms with Gasteiger partial charge in [-0.25, -0.2) is 13.4 Å². The number of hydrogen-bond acceptors (Lipinski definition) is 6. The molecule has 1 amide bonds. The number of aryl methyl sites for hydroxylation is 2. The van der Waals surface area contributed by atoms with E-state index in [1.807, 2.05) is 19.9 Å². The second-order valence-corrected chi connectivity index (χ2v) is 10.7. The standard InChI is InChI=1S/C22H24N2O4S2/c1-14-9-10-15(2)20-19(14)23-22(29-20)24(13-17-7-5-11-28-17)21(25)16-6-4-8-18(12-16)30(3,26)27/h4,6,8-10,12,17H,5,7,11,13H2,1-3H3. The fourth-order valence-corrected chi connectivity index (χ4v) is 5.41. The lowest BCUT2D eigenvalue weighted by molar-refractivity contribution is 0.0917. The number of benzene rings is 2. The molecule has 0 radical (unpaired) electrons. The zero-order valence-corrected chi connectivity index (χ0v) is 18.8. The van der Waals surface area contributed by atoms with E-state index in [-0.39, 0.29) is 16.9 Å². The van der Waals surface area contributed by atoms with E-state index < -0.39 is 9.84 Å². The predicted octanol–water partition coefficient (Wildman–Crippen LogP) is 4.14. The van der Waals surface area contributed by atoms with Crippen LogP contribution in [0.3, 0.4) is 0 Å². The highest BCUT2D eigenvalue weighted by Crippen LogP contribution is 2.34. The Kier molecular flexibility index (Phi) is 5.65. The SMILES string of the molecule is Cc1ccc(C)c2sc(N(CC3CCCO3)C(=O)c3cccc(S(C)(=O)=O)c3)nc12. The summed E-state index contributed by atoms with van der Waals surface area (Å²) in [4.78, 5) is 20.1. The van der Waals surface area contributed by atoms with Gasteiger partial charge in [-0.3, -0.25) is 9.69 Å². The Morgan fingerprint density at radius 1 is 1.23 bits per heavy atom. The van der Waals surface area contributed by atoms with E-state index in [4.69, 9.17) is 9.72 Å². The Balaban J connectivity index is 1.78. The molecule has 0 aliphatic carbocycles. The van der Waals surface area contributed by atoms with Crippen molar-refractivity contribution < 1.29 is 17.9 Å². The zero-order valence-electron chi connectivity index (χ0n) is 17.2. The summed E-state index contributed by atoms with van der Waals surface area (Å²) < 4.78 is 30.8. The Labute approximate surface area is 180 Å². The molecule has 1 aromatic heterocycles. The minimum atomic E-state index is -3.41. The number of amides is 1. The molecule has 30 heavy (non-hydrogen) atoms. The molecule has 3 aromatic rings. The number of nitrogens with zero attached hydrogens (tertiary/aromatic N) is 2. The number of carbonyl (C=O) groups is 1. The average molecular weight is 445 g/mol. The number of thiazole rings is 1. The fraction of sp³-hybridized carbons (Fsp3) is 0.364. The molecule has 0 bridgehead atoms. The van der Waals surface area contributed by atoms with E-state index in [2.05, 4.69) is 6.07 Å². The van der Waals surface area contributed by atoms with Gasteiger partial charge in [0.15, 0.2) is 15.0 Å². The smallest absolute Gasteiger partial charge is 0.260 e. The molecule has 1 saturated heterocycles. The average Bonchev–Trinajstić information content (AvgIpc) is 3.38. The Morgan fingerprint density at radius 2 is 2.00 bits per heavy atom. The monoisotopic (exact) mass is 444 g/mol. The van der Waals surface area contributed by atoms with E-state index in [9.17, 15) is 13.2 Å². The van der Waals surface area contributed by atoms with Crippen LogP contribution in [0.1, 0.15) is 34.3 Å². The maximum Gasteiger partial charge on any atom is 0.260 e. The molecule has 1 aliphatic rings. The third-order valence-corrected chi connectivity index (χ3v) is 7.65. The van der Waals surface area contributed by atoms with Crippen molar-refractivity contribution in [2.75, 3.05) is 24.3 Å². The fourth-order valence-electron chi connectivity index (χ4n) is 3.62. The second kappa shape index (κ2) is 8.09. The van der Waals surface area contributed by atoms with E-state index in [1.54, 1.807) is 17.0 Å². The van der Waals surface area contributed by atoms with Crippen molar-refractivity contribution in [3.63, 3.8) is 0 Å². The highest BCUT2D eigenvalue weighted by molar-refractivity contribution is 7.90. The number of fused-ring (bicyclic) bond motifs is 1. The summed E-state index contributed by atoms with van der Waals surface area (Å²) in [7, 11) is -3.41. The molecule has 0 saturated carbocycles. The number of hydrogen-bond donors (Lipinski definition) is 0. The quantitative estimate of drug-likeness (QED) is 0.591. The van der Waals surface area contributed by atoms with Crippen LogP contribution in [-0.2, 0) is 14.6 Å². The summed E-state index contributed by atoms with van der Waals surface area (Å²) in [5.74, 6) is -0.273. The van der Waals surface area contributed by atoms with E-state index >= 15 is 0 Å². The van der Waals surface area contributed by atoms with Crippen molar-refractivity contribution in [2.45, 2.75) is 37.7 Å². The Hall–Kier alpha value is -2.29. The lowest BCUT2D eigenvalue weighted by Gasteiger charge is -2.23. The van der Waals surface area contributed by atoms with Gasteiger partial charge in [-0.1, -0.05) is 29.5 Å². The predicted molar refractivity (Wildman–Crippen MR) is 119 cm³/mol. The van der Waals surface area contributed by atoms with Crippen molar-refractivity contribution in [1.82, 2.24) is 4.98 Å². The number of aromatic nitrogens is 1. The van der Waals surface area contributed by atoms with Crippen LogP contribution >= 0.6 is 11.3 Å². The molecule has 1 unspecified atom stereocenters. The number of ether oxygens (including phenoxy) is 1. The largest absolute Gasteiger partial charge is 0.376 e. The second-order valence-electron chi connectivity index (χ2n) is 7.72. The minimum Gasteiger partial charge on any atom is -0.376 e. The molecule has 158 valence electrons. The molecule has 4 rings (SSSR count). The molecule has 0 spiro atoms. The van der Waals surface area contributed by atoms with Crippen LogP contribution in [0.25, 0.3) is 10.2 Å². The number of sulfone groups is 1. The summed E-state index contributed by atoms with van der Waals surface area (Å²) in [6.07, 6.45) is 2.94. The Bertz CT molecular complexity index is 1170. The highest BCUT2D eigenvalue weighted by atomic mass is 32.2. The van der Waals surface area contributed by atoms with Gasteiger partial charge < -0.3 is 4.74 Å². The van der Waals surface area contributed by atoms with Gasteiger partial charge >= 0.3 is 0 Å². The van der Waals surface area contributed by atoms with E-state index in [1.165, 1.54) is 23.5 Å². The maximum absolute atomic E-state index is 13.5. The van der Waals surface area contributed by atoms with Crippen LogP contribution in [0.15, 0.2) is 41.3 Å². The van der Waals surface area contributed by atoms with Gasteiger partial charge in [0.2, 0.25) is 0 Å². The van der Waals surface area contributed by atoms with Crippen LogP contribution in [0.2, 0.25) is 0 Å². The molecule has 0 N–H and O–H groups in total. The summed E-state index contributed by atoms with van der Waals surface area (Å²) in [6.45, 7) is 5.12. The summed E-state index contributed by atoms with van der Waals surface area (Å²) in [5.41, 5.74) is 3.39. The topological polar surface area (TPSA) is 76.6 Å². The molecule has 1 fully saturated rings. The number of carbonyl (C=O) groups excluding carboxylic acids is 1. The van der Waals surface area contributed by atoms with E-state index in [0.29, 0.717) is 23.8 Å². The van der Waals surface area contributed by atoms with Crippen molar-refractivity contribution in [1.29, 1.82) is 0 Å². The number of rotatable bonds is 5. The molecule has 2 aromatic carbocycles. The van der Waals surface area contributed by atoms with Crippen molar-refractivity contribution in [3.05, 3.63) is 53.1 Å². The van der Waals surface area contributed by atoms with Gasteiger partial charge in [0.25, 0.3) is 5.91 Å². The molecular formula is C22H24N2O4S2.